The first kappa shape index (κ1) is 16.4. The van der Waals surface area contributed by atoms with E-state index in [9.17, 15) is 14.4 Å². The molecule has 0 aliphatic rings. The zero-order valence-electron chi connectivity index (χ0n) is 11.0. The standard InChI is InChI=1S/C11H20N2O5/c1-11(2,3)8(12)9(15)13-6(10(16)17)5-7(14)18-4/h6,8H,5,12H2,1-4H3,(H,13,15)(H,16,17)/t6-,8-/m0/s1. The summed E-state index contributed by atoms with van der Waals surface area (Å²) in [7, 11) is 1.14. The summed E-state index contributed by atoms with van der Waals surface area (Å²) < 4.78 is 4.36. The van der Waals surface area contributed by atoms with Gasteiger partial charge in [0.15, 0.2) is 0 Å². The molecule has 0 radical (unpaired) electrons. The van der Waals surface area contributed by atoms with Crippen LogP contribution in [-0.2, 0) is 19.1 Å². The van der Waals surface area contributed by atoms with Crippen LogP contribution in [0.3, 0.4) is 0 Å². The zero-order chi connectivity index (χ0) is 14.5. The number of esters is 1. The van der Waals surface area contributed by atoms with Crippen molar-refractivity contribution in [2.24, 2.45) is 11.1 Å². The van der Waals surface area contributed by atoms with Gasteiger partial charge in [0, 0.05) is 0 Å². The van der Waals surface area contributed by atoms with Crippen LogP contribution in [0.2, 0.25) is 0 Å². The van der Waals surface area contributed by atoms with E-state index in [1.807, 2.05) is 0 Å². The first-order valence-electron chi connectivity index (χ1n) is 5.45. The Morgan fingerprint density at radius 3 is 2.17 bits per heavy atom. The molecule has 2 atom stereocenters. The first-order valence-corrected chi connectivity index (χ1v) is 5.45. The fraction of sp³-hybridized carbons (Fsp3) is 0.727. The second-order valence-electron chi connectivity index (χ2n) is 5.02. The van der Waals surface area contributed by atoms with E-state index < -0.39 is 41.8 Å². The van der Waals surface area contributed by atoms with Crippen molar-refractivity contribution in [3.8, 4) is 0 Å². The minimum absolute atomic E-state index is 0.436. The topological polar surface area (TPSA) is 119 Å². The van der Waals surface area contributed by atoms with Gasteiger partial charge in [-0.15, -0.1) is 0 Å². The molecule has 0 unspecified atom stereocenters. The number of aliphatic carboxylic acids is 1. The number of hydrogen-bond acceptors (Lipinski definition) is 5. The Balaban J connectivity index is 4.65. The Morgan fingerprint density at radius 2 is 1.83 bits per heavy atom. The zero-order valence-corrected chi connectivity index (χ0v) is 11.0. The second kappa shape index (κ2) is 6.34. The number of nitrogens with one attached hydrogen (secondary N) is 1. The minimum atomic E-state index is -1.33. The van der Waals surface area contributed by atoms with Crippen LogP contribution in [0.1, 0.15) is 27.2 Å². The van der Waals surface area contributed by atoms with Crippen molar-refractivity contribution in [1.82, 2.24) is 5.32 Å². The molecule has 104 valence electrons. The highest BCUT2D eigenvalue weighted by atomic mass is 16.5. The van der Waals surface area contributed by atoms with Crippen molar-refractivity contribution in [2.75, 3.05) is 7.11 Å². The molecule has 7 nitrogen and oxygen atoms in total. The van der Waals surface area contributed by atoms with Crippen LogP contribution >= 0.6 is 0 Å². The molecule has 18 heavy (non-hydrogen) atoms. The number of rotatable bonds is 5. The highest BCUT2D eigenvalue weighted by Gasteiger charge is 2.31. The van der Waals surface area contributed by atoms with Crippen LogP contribution in [-0.4, -0.2) is 42.1 Å². The lowest BCUT2D eigenvalue weighted by Gasteiger charge is -2.27. The lowest BCUT2D eigenvalue weighted by atomic mass is 9.87. The van der Waals surface area contributed by atoms with Crippen LogP contribution in [0, 0.1) is 5.41 Å². The van der Waals surface area contributed by atoms with Crippen molar-refractivity contribution < 1.29 is 24.2 Å². The summed E-state index contributed by atoms with van der Waals surface area (Å²) in [5.74, 6) is -2.64. The molecule has 0 fully saturated rings. The van der Waals surface area contributed by atoms with E-state index in [0.29, 0.717) is 0 Å². The van der Waals surface area contributed by atoms with Crippen LogP contribution in [0.15, 0.2) is 0 Å². The highest BCUT2D eigenvalue weighted by molar-refractivity contribution is 5.89. The number of carbonyl (C=O) groups is 3. The molecule has 0 rings (SSSR count). The van der Waals surface area contributed by atoms with Crippen LogP contribution in [0.4, 0.5) is 0 Å². The normalized spacial score (nSPS) is 14.5. The van der Waals surface area contributed by atoms with Gasteiger partial charge in [0.1, 0.15) is 6.04 Å². The number of ether oxygens (including phenoxy) is 1. The van der Waals surface area contributed by atoms with Crippen LogP contribution in [0.25, 0.3) is 0 Å². The molecule has 0 aromatic rings. The molecule has 4 N–H and O–H groups in total. The third-order valence-electron chi connectivity index (χ3n) is 2.43. The molecule has 0 bridgehead atoms. The van der Waals surface area contributed by atoms with Crippen molar-refractivity contribution in [1.29, 1.82) is 0 Å². The lowest BCUT2D eigenvalue weighted by molar-refractivity contribution is -0.149. The number of methoxy groups -OCH3 is 1. The summed E-state index contributed by atoms with van der Waals surface area (Å²) in [5, 5.41) is 11.1. The van der Waals surface area contributed by atoms with Gasteiger partial charge in [-0.25, -0.2) is 4.79 Å². The van der Waals surface area contributed by atoms with Crippen molar-refractivity contribution in [3.05, 3.63) is 0 Å². The van der Waals surface area contributed by atoms with E-state index in [1.54, 1.807) is 20.8 Å². The molecular formula is C11H20N2O5. The number of nitrogens with two attached hydrogens (primary N) is 1. The Labute approximate surface area is 106 Å². The van der Waals surface area contributed by atoms with Gasteiger partial charge >= 0.3 is 11.9 Å². The average molecular weight is 260 g/mol. The molecule has 0 aliphatic carbocycles. The van der Waals surface area contributed by atoms with Gasteiger partial charge in [-0.05, 0) is 5.41 Å². The average Bonchev–Trinajstić information content (AvgIpc) is 2.25. The van der Waals surface area contributed by atoms with Crippen LogP contribution < -0.4 is 11.1 Å². The summed E-state index contributed by atoms with van der Waals surface area (Å²) in [6.07, 6.45) is -0.436. The summed E-state index contributed by atoms with van der Waals surface area (Å²) in [4.78, 5) is 33.6. The number of carboxylic acids is 1. The molecule has 1 amide bonds. The van der Waals surface area contributed by atoms with Gasteiger partial charge in [0.25, 0.3) is 0 Å². The number of hydrogen-bond donors (Lipinski definition) is 3. The quantitative estimate of drug-likeness (QED) is 0.573. The fourth-order valence-electron chi connectivity index (χ4n) is 1.10. The van der Waals surface area contributed by atoms with Crippen molar-refractivity contribution in [2.45, 2.75) is 39.3 Å². The lowest BCUT2D eigenvalue weighted by Crippen LogP contribution is -2.53. The third kappa shape index (κ3) is 5.13. The monoisotopic (exact) mass is 260 g/mol. The largest absolute Gasteiger partial charge is 0.480 e. The molecule has 0 aromatic carbocycles. The van der Waals surface area contributed by atoms with E-state index in [1.165, 1.54) is 0 Å². The minimum Gasteiger partial charge on any atom is -0.480 e. The summed E-state index contributed by atoms with van der Waals surface area (Å²) >= 11 is 0. The maximum atomic E-state index is 11.7. The number of carbonyl (C=O) groups excluding carboxylic acids is 2. The van der Waals surface area contributed by atoms with Gasteiger partial charge in [0.2, 0.25) is 5.91 Å². The van der Waals surface area contributed by atoms with Gasteiger partial charge in [-0.2, -0.15) is 0 Å². The second-order valence-corrected chi connectivity index (χ2v) is 5.02. The maximum Gasteiger partial charge on any atom is 0.326 e. The Morgan fingerprint density at radius 1 is 1.33 bits per heavy atom. The molecule has 0 saturated heterocycles. The van der Waals surface area contributed by atoms with Gasteiger partial charge in [-0.3, -0.25) is 9.59 Å². The smallest absolute Gasteiger partial charge is 0.326 e. The van der Waals surface area contributed by atoms with Crippen molar-refractivity contribution >= 4 is 17.8 Å². The van der Waals surface area contributed by atoms with Gasteiger partial charge in [-0.1, -0.05) is 20.8 Å². The first-order chi connectivity index (χ1) is 8.09. The molecular weight excluding hydrogens is 240 g/mol. The summed E-state index contributed by atoms with van der Waals surface area (Å²) in [6.45, 7) is 5.27. The van der Waals surface area contributed by atoms with Crippen LogP contribution in [0.5, 0.6) is 0 Å². The van der Waals surface area contributed by atoms with E-state index in [-0.39, 0.29) is 0 Å². The molecule has 0 aromatic heterocycles. The van der Waals surface area contributed by atoms with Gasteiger partial charge in [0.05, 0.1) is 19.6 Å². The molecule has 0 saturated carbocycles. The highest BCUT2D eigenvalue weighted by Crippen LogP contribution is 2.17. The molecule has 7 heteroatoms. The molecule has 0 spiro atoms. The van der Waals surface area contributed by atoms with E-state index >= 15 is 0 Å². The molecule has 0 heterocycles. The summed E-state index contributed by atoms with van der Waals surface area (Å²) in [6, 6.07) is -2.20. The number of carboxylic acid groups (broad SMARTS) is 1. The fourth-order valence-corrected chi connectivity index (χ4v) is 1.10. The van der Waals surface area contributed by atoms with Gasteiger partial charge < -0.3 is 20.9 Å². The molecule has 0 aliphatic heterocycles. The third-order valence-corrected chi connectivity index (χ3v) is 2.43. The SMILES string of the molecule is COC(=O)C[C@H](NC(=O)[C@H](N)C(C)(C)C)C(=O)O. The van der Waals surface area contributed by atoms with E-state index in [4.69, 9.17) is 10.8 Å². The van der Waals surface area contributed by atoms with Crippen molar-refractivity contribution in [3.63, 3.8) is 0 Å². The Bertz CT molecular complexity index is 335. The Kier molecular flexibility index (Phi) is 5.77. The maximum absolute atomic E-state index is 11.7. The van der Waals surface area contributed by atoms with E-state index in [0.717, 1.165) is 7.11 Å². The summed E-state index contributed by atoms with van der Waals surface area (Å²) in [5.41, 5.74) is 5.18. The predicted octanol–water partition coefficient (Wildman–Crippen LogP) is -0.508. The number of amides is 1. The Hall–Kier alpha value is -1.63. The predicted molar refractivity (Wildman–Crippen MR) is 63.6 cm³/mol. The van der Waals surface area contributed by atoms with E-state index in [2.05, 4.69) is 10.1 Å².